The molecule has 5 nitrogen and oxygen atoms in total. The highest BCUT2D eigenvalue weighted by molar-refractivity contribution is 5.88. The SMILES string of the molecule is O=C(O)c1nnccc1OCC(F)(F)C(F)F. The quantitative estimate of drug-likeness (QED) is 0.805. The van der Waals surface area contributed by atoms with E-state index in [1.54, 1.807) is 0 Å². The topological polar surface area (TPSA) is 72.3 Å². The van der Waals surface area contributed by atoms with Crippen LogP contribution < -0.4 is 4.74 Å². The Labute approximate surface area is 92.0 Å². The number of rotatable bonds is 5. The molecule has 0 atom stereocenters. The highest BCUT2D eigenvalue weighted by Crippen LogP contribution is 2.25. The van der Waals surface area contributed by atoms with Gasteiger partial charge in [-0.15, -0.1) is 5.10 Å². The molecular weight excluding hydrogens is 248 g/mol. The van der Waals surface area contributed by atoms with Crippen molar-refractivity contribution in [1.82, 2.24) is 10.2 Å². The second-order valence-electron chi connectivity index (χ2n) is 2.90. The van der Waals surface area contributed by atoms with Crippen LogP contribution in [0.5, 0.6) is 5.75 Å². The van der Waals surface area contributed by atoms with Gasteiger partial charge >= 0.3 is 18.3 Å². The second-order valence-corrected chi connectivity index (χ2v) is 2.90. The van der Waals surface area contributed by atoms with Gasteiger partial charge in [0.2, 0.25) is 5.69 Å². The summed E-state index contributed by atoms with van der Waals surface area (Å²) in [6.45, 7) is -1.64. The van der Waals surface area contributed by atoms with E-state index in [2.05, 4.69) is 14.9 Å². The van der Waals surface area contributed by atoms with E-state index >= 15 is 0 Å². The van der Waals surface area contributed by atoms with E-state index in [1.807, 2.05) is 0 Å². The van der Waals surface area contributed by atoms with Crippen LogP contribution in [-0.4, -0.2) is 40.2 Å². The number of aromatic nitrogens is 2. The highest BCUT2D eigenvalue weighted by Gasteiger charge is 2.42. The van der Waals surface area contributed by atoms with Gasteiger partial charge in [0.25, 0.3) is 0 Å². The summed E-state index contributed by atoms with van der Waals surface area (Å²) in [5.41, 5.74) is -0.724. The summed E-state index contributed by atoms with van der Waals surface area (Å²) < 4.78 is 52.9. The minimum Gasteiger partial charge on any atom is -0.484 e. The first-order chi connectivity index (χ1) is 7.84. The van der Waals surface area contributed by atoms with Gasteiger partial charge < -0.3 is 9.84 Å². The van der Waals surface area contributed by atoms with Crippen molar-refractivity contribution in [2.24, 2.45) is 0 Å². The monoisotopic (exact) mass is 254 g/mol. The maximum Gasteiger partial charge on any atom is 0.360 e. The number of nitrogens with zero attached hydrogens (tertiary/aromatic N) is 2. The number of hydrogen-bond acceptors (Lipinski definition) is 4. The second kappa shape index (κ2) is 4.93. The van der Waals surface area contributed by atoms with E-state index in [1.165, 1.54) is 0 Å². The van der Waals surface area contributed by atoms with E-state index in [0.29, 0.717) is 0 Å². The lowest BCUT2D eigenvalue weighted by Crippen LogP contribution is -2.34. The summed E-state index contributed by atoms with van der Waals surface area (Å²) in [5, 5.41) is 14.9. The van der Waals surface area contributed by atoms with Crippen LogP contribution in [0.25, 0.3) is 0 Å². The van der Waals surface area contributed by atoms with Crippen molar-refractivity contribution in [2.75, 3.05) is 6.61 Å². The van der Waals surface area contributed by atoms with E-state index in [9.17, 15) is 22.4 Å². The van der Waals surface area contributed by atoms with E-state index < -0.39 is 36.4 Å². The molecule has 0 aliphatic carbocycles. The Morgan fingerprint density at radius 2 is 2.18 bits per heavy atom. The van der Waals surface area contributed by atoms with Crippen molar-refractivity contribution in [3.63, 3.8) is 0 Å². The number of carboxylic acids is 1. The molecule has 0 fully saturated rings. The fraction of sp³-hybridized carbons (Fsp3) is 0.375. The first-order valence-corrected chi connectivity index (χ1v) is 4.18. The maximum absolute atomic E-state index is 12.5. The van der Waals surface area contributed by atoms with Gasteiger partial charge in [0.15, 0.2) is 12.4 Å². The smallest absolute Gasteiger partial charge is 0.360 e. The Balaban J connectivity index is 2.79. The van der Waals surface area contributed by atoms with Gasteiger partial charge in [-0.25, -0.2) is 13.6 Å². The first kappa shape index (κ1) is 13.1. The normalized spacial score (nSPS) is 11.6. The van der Waals surface area contributed by atoms with Crippen molar-refractivity contribution in [2.45, 2.75) is 12.3 Å². The molecule has 0 amide bonds. The average molecular weight is 254 g/mol. The third kappa shape index (κ3) is 3.26. The number of halogens is 4. The summed E-state index contributed by atoms with van der Waals surface area (Å²) >= 11 is 0. The molecule has 1 heterocycles. The number of carbonyl (C=O) groups is 1. The molecule has 0 saturated heterocycles. The average Bonchev–Trinajstić information content (AvgIpc) is 2.26. The molecule has 9 heteroatoms. The van der Waals surface area contributed by atoms with Crippen molar-refractivity contribution < 1.29 is 32.2 Å². The Bertz CT molecular complexity index is 414. The van der Waals surface area contributed by atoms with Crippen molar-refractivity contribution in [1.29, 1.82) is 0 Å². The molecule has 17 heavy (non-hydrogen) atoms. The van der Waals surface area contributed by atoms with Gasteiger partial charge in [0.05, 0.1) is 6.20 Å². The van der Waals surface area contributed by atoms with Crippen LogP contribution in [0.1, 0.15) is 10.5 Å². The number of hydrogen-bond donors (Lipinski definition) is 1. The fourth-order valence-electron chi connectivity index (χ4n) is 0.822. The van der Waals surface area contributed by atoms with Gasteiger partial charge in [-0.1, -0.05) is 0 Å². The fourth-order valence-corrected chi connectivity index (χ4v) is 0.822. The van der Waals surface area contributed by atoms with Crippen LogP contribution in [0, 0.1) is 0 Å². The molecule has 94 valence electrons. The lowest BCUT2D eigenvalue weighted by atomic mass is 10.3. The van der Waals surface area contributed by atoms with Gasteiger partial charge in [-0.05, 0) is 0 Å². The molecule has 0 aromatic carbocycles. The molecule has 0 spiro atoms. The summed E-state index contributed by atoms with van der Waals surface area (Å²) in [6.07, 6.45) is -2.91. The molecule has 0 radical (unpaired) electrons. The van der Waals surface area contributed by atoms with Crippen molar-refractivity contribution in [3.05, 3.63) is 18.0 Å². The largest absolute Gasteiger partial charge is 0.484 e. The van der Waals surface area contributed by atoms with Crippen LogP contribution in [0.4, 0.5) is 17.6 Å². The molecule has 1 aromatic rings. The van der Waals surface area contributed by atoms with Crippen LogP contribution in [-0.2, 0) is 0 Å². The molecule has 0 aliphatic rings. The predicted octanol–water partition coefficient (Wildman–Crippen LogP) is 1.45. The van der Waals surface area contributed by atoms with Crippen LogP contribution in [0.2, 0.25) is 0 Å². The zero-order chi connectivity index (χ0) is 13.1. The Hall–Kier alpha value is -1.93. The molecule has 1 rings (SSSR count). The summed E-state index contributed by atoms with van der Waals surface area (Å²) in [7, 11) is 0. The third-order valence-electron chi connectivity index (χ3n) is 1.63. The zero-order valence-corrected chi connectivity index (χ0v) is 8.11. The Kier molecular flexibility index (Phi) is 3.81. The number of ether oxygens (including phenoxy) is 1. The number of alkyl halides is 4. The molecule has 0 bridgehead atoms. The molecule has 0 saturated carbocycles. The molecular formula is C8H6F4N2O3. The van der Waals surface area contributed by atoms with Crippen molar-refractivity contribution >= 4 is 5.97 Å². The first-order valence-electron chi connectivity index (χ1n) is 4.18. The minimum absolute atomic E-state index is 0.548. The number of aromatic carboxylic acids is 1. The van der Waals surface area contributed by atoms with E-state index in [4.69, 9.17) is 5.11 Å². The van der Waals surface area contributed by atoms with Crippen LogP contribution in [0.3, 0.4) is 0 Å². The Morgan fingerprint density at radius 3 is 2.71 bits per heavy atom. The van der Waals surface area contributed by atoms with Gasteiger partial charge in [-0.3, -0.25) is 0 Å². The standard InChI is InChI=1S/C8H6F4N2O3/c9-7(10)8(11,12)3-17-4-1-2-13-14-5(4)6(15)16/h1-2,7H,3H2,(H,15,16). The zero-order valence-electron chi connectivity index (χ0n) is 8.11. The predicted molar refractivity (Wildman–Crippen MR) is 45.4 cm³/mol. The molecule has 1 aromatic heterocycles. The minimum atomic E-state index is -4.36. The lowest BCUT2D eigenvalue weighted by Gasteiger charge is -2.16. The summed E-state index contributed by atoms with van der Waals surface area (Å²) in [6, 6.07) is 0.942. The number of carboxylic acid groups (broad SMARTS) is 1. The molecule has 0 unspecified atom stereocenters. The lowest BCUT2D eigenvalue weighted by molar-refractivity contribution is -0.148. The van der Waals surface area contributed by atoms with Crippen LogP contribution >= 0.6 is 0 Å². The Morgan fingerprint density at radius 1 is 1.53 bits per heavy atom. The van der Waals surface area contributed by atoms with Crippen molar-refractivity contribution in [3.8, 4) is 5.75 Å². The highest BCUT2D eigenvalue weighted by atomic mass is 19.3. The van der Waals surface area contributed by atoms with Gasteiger partial charge in [0, 0.05) is 6.07 Å². The van der Waals surface area contributed by atoms with E-state index in [-0.39, 0.29) is 0 Å². The molecule has 1 N–H and O–H groups in total. The third-order valence-corrected chi connectivity index (χ3v) is 1.63. The summed E-state index contributed by atoms with van der Waals surface area (Å²) in [4.78, 5) is 10.6. The summed E-state index contributed by atoms with van der Waals surface area (Å²) in [5.74, 6) is -6.47. The maximum atomic E-state index is 12.5. The van der Waals surface area contributed by atoms with Crippen LogP contribution in [0.15, 0.2) is 12.3 Å². The van der Waals surface area contributed by atoms with Gasteiger partial charge in [0.1, 0.15) is 0 Å². The van der Waals surface area contributed by atoms with Gasteiger partial charge in [-0.2, -0.15) is 13.9 Å². The molecule has 0 aliphatic heterocycles. The van der Waals surface area contributed by atoms with E-state index in [0.717, 1.165) is 12.3 Å².